The first-order chi connectivity index (χ1) is 9.72. The zero-order valence-electron chi connectivity index (χ0n) is 11.2. The topological polar surface area (TPSA) is 76.3 Å². The molecule has 0 bridgehead atoms. The lowest BCUT2D eigenvalue weighted by molar-refractivity contribution is 0.0642. The van der Waals surface area contributed by atoms with Gasteiger partial charge in [-0.25, -0.2) is 0 Å². The fraction of sp³-hybridized carbons (Fsp3) is 0.133. The van der Waals surface area contributed by atoms with E-state index in [0.29, 0.717) is 16.8 Å². The minimum Gasteiger partial charge on any atom is -0.325 e. The van der Waals surface area contributed by atoms with Gasteiger partial charge >= 0.3 is 0 Å². The molecule has 0 unspecified atom stereocenters. The van der Waals surface area contributed by atoms with Crippen molar-refractivity contribution >= 4 is 24.2 Å². The van der Waals surface area contributed by atoms with Gasteiger partial charge in [-0.2, -0.15) is 0 Å². The predicted molar refractivity (Wildman–Crippen MR) is 80.0 cm³/mol. The Morgan fingerprint density at radius 3 is 2.19 bits per heavy atom. The van der Waals surface area contributed by atoms with Gasteiger partial charge in [-0.1, -0.05) is 18.2 Å². The van der Waals surface area contributed by atoms with Crippen molar-refractivity contribution in [2.45, 2.75) is 13.1 Å². The first-order valence-electron chi connectivity index (χ1n) is 6.30. The zero-order chi connectivity index (χ0) is 14.1. The van der Waals surface area contributed by atoms with Gasteiger partial charge in [-0.15, -0.1) is 12.4 Å². The minimum atomic E-state index is -0.266. The molecule has 1 aromatic carbocycles. The molecule has 6 heteroatoms. The van der Waals surface area contributed by atoms with E-state index in [0.717, 1.165) is 5.56 Å². The smallest absolute Gasteiger partial charge is 0.261 e. The first-order valence-corrected chi connectivity index (χ1v) is 6.30. The van der Waals surface area contributed by atoms with Gasteiger partial charge < -0.3 is 5.73 Å². The molecule has 2 heterocycles. The highest BCUT2D eigenvalue weighted by atomic mass is 35.5. The van der Waals surface area contributed by atoms with Crippen LogP contribution in [0.3, 0.4) is 0 Å². The number of fused-ring (bicyclic) bond motifs is 1. The molecular formula is C15H14ClN3O2. The van der Waals surface area contributed by atoms with Crippen molar-refractivity contribution in [1.82, 2.24) is 9.88 Å². The summed E-state index contributed by atoms with van der Waals surface area (Å²) in [5, 5.41) is 0. The van der Waals surface area contributed by atoms with E-state index in [9.17, 15) is 9.59 Å². The normalized spacial score (nSPS) is 13.1. The summed E-state index contributed by atoms with van der Waals surface area (Å²) in [5.41, 5.74) is 8.03. The molecule has 1 aliphatic rings. The van der Waals surface area contributed by atoms with E-state index in [-0.39, 0.29) is 37.3 Å². The van der Waals surface area contributed by atoms with Gasteiger partial charge in [0.05, 0.1) is 23.4 Å². The van der Waals surface area contributed by atoms with Crippen LogP contribution in [0.25, 0.3) is 0 Å². The van der Waals surface area contributed by atoms with Crippen molar-refractivity contribution in [2.24, 2.45) is 5.73 Å². The van der Waals surface area contributed by atoms with Crippen LogP contribution in [0.15, 0.2) is 42.6 Å². The van der Waals surface area contributed by atoms with Gasteiger partial charge in [0.25, 0.3) is 11.8 Å². The average molecular weight is 304 g/mol. The summed E-state index contributed by atoms with van der Waals surface area (Å²) < 4.78 is 0. The van der Waals surface area contributed by atoms with Crippen LogP contribution in [0, 0.1) is 0 Å². The second kappa shape index (κ2) is 6.03. The molecule has 5 nitrogen and oxygen atoms in total. The molecule has 21 heavy (non-hydrogen) atoms. The second-order valence-corrected chi connectivity index (χ2v) is 4.56. The van der Waals surface area contributed by atoms with Gasteiger partial charge in [0.15, 0.2) is 0 Å². The van der Waals surface area contributed by atoms with E-state index >= 15 is 0 Å². The number of carbonyl (C=O) groups excluding carboxylic acids is 2. The number of aromatic nitrogens is 1. The maximum absolute atomic E-state index is 12.3. The Morgan fingerprint density at radius 1 is 1.00 bits per heavy atom. The summed E-state index contributed by atoms with van der Waals surface area (Å²) in [6, 6.07) is 10.4. The predicted octanol–water partition coefficient (Wildman–Crippen LogP) is 1.76. The number of nitrogens with zero attached hydrogens (tertiary/aromatic N) is 2. The van der Waals surface area contributed by atoms with Crippen molar-refractivity contribution in [3.05, 3.63) is 65.0 Å². The Kier molecular flexibility index (Phi) is 4.35. The van der Waals surface area contributed by atoms with E-state index in [4.69, 9.17) is 5.73 Å². The molecule has 2 aromatic rings. The highest BCUT2D eigenvalue weighted by Crippen LogP contribution is 2.24. The Bertz CT molecular complexity index is 668. The lowest BCUT2D eigenvalue weighted by Crippen LogP contribution is -2.29. The molecule has 2 amide bonds. The third-order valence-electron chi connectivity index (χ3n) is 3.38. The molecule has 0 spiro atoms. The van der Waals surface area contributed by atoms with E-state index in [1.54, 1.807) is 36.5 Å². The number of nitrogens with two attached hydrogens (primary N) is 1. The number of halogens is 1. The van der Waals surface area contributed by atoms with Crippen molar-refractivity contribution in [3.63, 3.8) is 0 Å². The fourth-order valence-electron chi connectivity index (χ4n) is 2.35. The number of imide groups is 1. The Hall–Kier alpha value is -2.24. The number of hydrogen-bond acceptors (Lipinski definition) is 4. The van der Waals surface area contributed by atoms with Crippen LogP contribution in [0.5, 0.6) is 0 Å². The summed E-state index contributed by atoms with van der Waals surface area (Å²) in [6.07, 6.45) is 1.65. The van der Waals surface area contributed by atoms with Crippen LogP contribution >= 0.6 is 12.4 Å². The molecule has 108 valence electrons. The fourth-order valence-corrected chi connectivity index (χ4v) is 2.35. The Morgan fingerprint density at radius 2 is 1.62 bits per heavy atom. The van der Waals surface area contributed by atoms with Crippen molar-refractivity contribution in [2.75, 3.05) is 0 Å². The monoisotopic (exact) mass is 303 g/mol. The van der Waals surface area contributed by atoms with Crippen molar-refractivity contribution in [3.8, 4) is 0 Å². The number of hydrogen-bond donors (Lipinski definition) is 1. The van der Waals surface area contributed by atoms with Gasteiger partial charge in [0.2, 0.25) is 0 Å². The van der Waals surface area contributed by atoms with Gasteiger partial charge in [-0.3, -0.25) is 19.5 Å². The molecule has 0 aliphatic carbocycles. The van der Waals surface area contributed by atoms with Crippen molar-refractivity contribution < 1.29 is 9.59 Å². The summed E-state index contributed by atoms with van der Waals surface area (Å²) in [5.74, 6) is -0.533. The van der Waals surface area contributed by atoms with E-state index < -0.39 is 0 Å². The SMILES string of the molecule is Cl.NCc1ncccc1CN1C(=O)c2ccccc2C1=O. The molecule has 0 fully saturated rings. The highest BCUT2D eigenvalue weighted by molar-refractivity contribution is 6.21. The largest absolute Gasteiger partial charge is 0.325 e. The lowest BCUT2D eigenvalue weighted by Gasteiger charge is -2.15. The molecule has 0 saturated carbocycles. The van der Waals surface area contributed by atoms with Crippen LogP contribution in [0.1, 0.15) is 32.0 Å². The van der Waals surface area contributed by atoms with Crippen LogP contribution in [0.2, 0.25) is 0 Å². The molecule has 2 N–H and O–H groups in total. The first kappa shape index (κ1) is 15.2. The molecule has 1 aromatic heterocycles. The molecule has 0 atom stereocenters. The third kappa shape index (κ3) is 2.53. The average Bonchev–Trinajstić information content (AvgIpc) is 2.73. The summed E-state index contributed by atoms with van der Waals surface area (Å²) in [4.78, 5) is 29.9. The molecule has 0 saturated heterocycles. The van der Waals surface area contributed by atoms with Crippen LogP contribution < -0.4 is 5.73 Å². The number of amides is 2. The Labute approximate surface area is 128 Å². The van der Waals surface area contributed by atoms with Gasteiger partial charge in [0, 0.05) is 12.7 Å². The number of rotatable bonds is 3. The standard InChI is InChI=1S/C15H13N3O2.ClH/c16-8-13-10(4-3-7-17-13)9-18-14(19)11-5-1-2-6-12(11)15(18)20;/h1-7H,8-9,16H2;1H. The maximum Gasteiger partial charge on any atom is 0.261 e. The molecule has 1 aliphatic heterocycles. The van der Waals surface area contributed by atoms with E-state index in [1.807, 2.05) is 6.07 Å². The summed E-state index contributed by atoms with van der Waals surface area (Å²) >= 11 is 0. The van der Waals surface area contributed by atoms with E-state index in [1.165, 1.54) is 4.90 Å². The number of pyridine rings is 1. The van der Waals surface area contributed by atoms with Gasteiger partial charge in [-0.05, 0) is 23.8 Å². The van der Waals surface area contributed by atoms with Gasteiger partial charge in [0.1, 0.15) is 0 Å². The van der Waals surface area contributed by atoms with Crippen LogP contribution in [0.4, 0.5) is 0 Å². The molecule has 0 radical (unpaired) electrons. The molecule has 3 rings (SSSR count). The lowest BCUT2D eigenvalue weighted by atomic mass is 10.1. The van der Waals surface area contributed by atoms with E-state index in [2.05, 4.69) is 4.98 Å². The third-order valence-corrected chi connectivity index (χ3v) is 3.38. The summed E-state index contributed by atoms with van der Waals surface area (Å²) in [7, 11) is 0. The maximum atomic E-state index is 12.3. The molecular weight excluding hydrogens is 290 g/mol. The van der Waals surface area contributed by atoms with Crippen LogP contribution in [-0.4, -0.2) is 21.7 Å². The quantitative estimate of drug-likeness (QED) is 0.877. The van der Waals surface area contributed by atoms with Crippen LogP contribution in [-0.2, 0) is 13.1 Å². The summed E-state index contributed by atoms with van der Waals surface area (Å²) in [6.45, 7) is 0.478. The minimum absolute atomic E-state index is 0. The number of benzene rings is 1. The zero-order valence-corrected chi connectivity index (χ0v) is 12.0. The Balaban J connectivity index is 0.00000161. The highest BCUT2D eigenvalue weighted by Gasteiger charge is 2.35. The van der Waals surface area contributed by atoms with Crippen molar-refractivity contribution in [1.29, 1.82) is 0 Å². The second-order valence-electron chi connectivity index (χ2n) is 4.56. The number of carbonyl (C=O) groups is 2.